The standard InChI is InChI=1S/C16H21BrN4/c1-16(10-18)5-6-21(11-16)9-15-19-8-14(20-15)12-3-2-4-13(17)7-12/h2-4,7-8H,5-6,9-11,18H2,1H3,(H,19,20). The first-order valence-corrected chi connectivity index (χ1v) is 8.09. The van der Waals surface area contributed by atoms with Crippen LogP contribution in [0.5, 0.6) is 0 Å². The molecule has 21 heavy (non-hydrogen) atoms. The Bertz CT molecular complexity index is 624. The summed E-state index contributed by atoms with van der Waals surface area (Å²) in [5.41, 5.74) is 8.34. The number of nitrogens with zero attached hydrogens (tertiary/aromatic N) is 2. The molecule has 0 aliphatic carbocycles. The summed E-state index contributed by atoms with van der Waals surface area (Å²) in [6.07, 6.45) is 3.08. The molecule has 1 aromatic carbocycles. The monoisotopic (exact) mass is 348 g/mol. The maximum absolute atomic E-state index is 5.86. The number of nitrogens with one attached hydrogen (secondary N) is 1. The molecule has 3 rings (SSSR count). The first-order chi connectivity index (χ1) is 10.1. The van der Waals surface area contributed by atoms with Crippen molar-refractivity contribution < 1.29 is 0 Å². The van der Waals surface area contributed by atoms with Crippen molar-refractivity contribution in [2.24, 2.45) is 11.1 Å². The summed E-state index contributed by atoms with van der Waals surface area (Å²) in [7, 11) is 0. The molecule has 1 saturated heterocycles. The number of imidazole rings is 1. The highest BCUT2D eigenvalue weighted by atomic mass is 79.9. The summed E-state index contributed by atoms with van der Waals surface area (Å²) >= 11 is 3.50. The molecular formula is C16H21BrN4. The molecule has 1 atom stereocenters. The second-order valence-electron chi connectivity index (χ2n) is 6.23. The summed E-state index contributed by atoms with van der Waals surface area (Å²) in [5.74, 6) is 1.02. The van der Waals surface area contributed by atoms with Crippen LogP contribution < -0.4 is 5.73 Å². The van der Waals surface area contributed by atoms with E-state index in [1.165, 1.54) is 6.42 Å². The number of likely N-dealkylation sites (tertiary alicyclic amines) is 1. The zero-order valence-electron chi connectivity index (χ0n) is 12.3. The first-order valence-electron chi connectivity index (χ1n) is 7.30. The fraction of sp³-hybridized carbons (Fsp3) is 0.438. The van der Waals surface area contributed by atoms with Gasteiger partial charge in [-0.05, 0) is 37.1 Å². The van der Waals surface area contributed by atoms with Crippen molar-refractivity contribution in [1.29, 1.82) is 0 Å². The Balaban J connectivity index is 1.69. The Kier molecular flexibility index (Phi) is 4.15. The lowest BCUT2D eigenvalue weighted by Gasteiger charge is -2.22. The molecule has 0 saturated carbocycles. The molecular weight excluding hydrogens is 328 g/mol. The van der Waals surface area contributed by atoms with E-state index in [2.05, 4.69) is 49.9 Å². The number of aromatic nitrogens is 2. The normalized spacial score (nSPS) is 22.8. The van der Waals surface area contributed by atoms with Crippen molar-refractivity contribution in [3.05, 3.63) is 40.8 Å². The lowest BCUT2D eigenvalue weighted by Crippen LogP contribution is -2.31. The fourth-order valence-electron chi connectivity index (χ4n) is 2.88. The molecule has 2 heterocycles. The molecule has 3 N–H and O–H groups in total. The van der Waals surface area contributed by atoms with Gasteiger partial charge in [0.25, 0.3) is 0 Å². The van der Waals surface area contributed by atoms with Crippen LogP contribution in [0.2, 0.25) is 0 Å². The van der Waals surface area contributed by atoms with Crippen molar-refractivity contribution in [3.63, 3.8) is 0 Å². The van der Waals surface area contributed by atoms with E-state index in [4.69, 9.17) is 5.73 Å². The molecule has 1 fully saturated rings. The van der Waals surface area contributed by atoms with E-state index in [1.54, 1.807) is 0 Å². The highest BCUT2D eigenvalue weighted by Crippen LogP contribution is 2.29. The summed E-state index contributed by atoms with van der Waals surface area (Å²) < 4.78 is 1.08. The average molecular weight is 349 g/mol. The molecule has 0 bridgehead atoms. The zero-order valence-corrected chi connectivity index (χ0v) is 13.9. The van der Waals surface area contributed by atoms with E-state index >= 15 is 0 Å². The van der Waals surface area contributed by atoms with Gasteiger partial charge in [-0.15, -0.1) is 0 Å². The van der Waals surface area contributed by atoms with Crippen LogP contribution in [0, 0.1) is 5.41 Å². The fourth-order valence-corrected chi connectivity index (χ4v) is 3.28. The van der Waals surface area contributed by atoms with E-state index in [9.17, 15) is 0 Å². The largest absolute Gasteiger partial charge is 0.341 e. The Morgan fingerprint density at radius 2 is 2.33 bits per heavy atom. The Hall–Kier alpha value is -1.17. The van der Waals surface area contributed by atoms with Crippen molar-refractivity contribution in [2.75, 3.05) is 19.6 Å². The summed E-state index contributed by atoms with van der Waals surface area (Å²) in [5, 5.41) is 0. The third kappa shape index (κ3) is 3.36. The SMILES string of the molecule is CC1(CN)CCN(Cc2ncc(-c3cccc(Br)c3)[nH]2)C1. The van der Waals surface area contributed by atoms with Gasteiger partial charge in [0.1, 0.15) is 5.82 Å². The highest BCUT2D eigenvalue weighted by molar-refractivity contribution is 9.10. The molecule has 0 spiro atoms. The number of rotatable bonds is 4. The molecule has 0 amide bonds. The second kappa shape index (κ2) is 5.91. The molecule has 4 nitrogen and oxygen atoms in total. The van der Waals surface area contributed by atoms with Crippen molar-refractivity contribution >= 4 is 15.9 Å². The molecule has 5 heteroatoms. The quantitative estimate of drug-likeness (QED) is 0.892. The van der Waals surface area contributed by atoms with Crippen LogP contribution >= 0.6 is 15.9 Å². The lowest BCUT2D eigenvalue weighted by atomic mass is 9.90. The Morgan fingerprint density at radius 1 is 1.48 bits per heavy atom. The predicted molar refractivity (Wildman–Crippen MR) is 88.8 cm³/mol. The van der Waals surface area contributed by atoms with Crippen LogP contribution in [0.1, 0.15) is 19.2 Å². The highest BCUT2D eigenvalue weighted by Gasteiger charge is 2.32. The van der Waals surface area contributed by atoms with E-state index in [0.29, 0.717) is 0 Å². The van der Waals surface area contributed by atoms with E-state index in [-0.39, 0.29) is 5.41 Å². The van der Waals surface area contributed by atoms with Gasteiger partial charge in [-0.3, -0.25) is 4.90 Å². The third-order valence-corrected chi connectivity index (χ3v) is 4.76. The number of aromatic amines is 1. The van der Waals surface area contributed by atoms with Gasteiger partial charge in [-0.1, -0.05) is 35.0 Å². The number of hydrogen-bond acceptors (Lipinski definition) is 3. The molecule has 112 valence electrons. The average Bonchev–Trinajstić information content (AvgIpc) is 3.07. The van der Waals surface area contributed by atoms with Gasteiger partial charge in [0.05, 0.1) is 18.4 Å². The number of nitrogens with two attached hydrogens (primary N) is 1. The van der Waals surface area contributed by atoms with Gasteiger partial charge in [0, 0.05) is 16.6 Å². The van der Waals surface area contributed by atoms with Crippen LogP contribution in [0.15, 0.2) is 34.9 Å². The van der Waals surface area contributed by atoms with Gasteiger partial charge in [0.15, 0.2) is 0 Å². The number of hydrogen-bond donors (Lipinski definition) is 2. The maximum Gasteiger partial charge on any atom is 0.120 e. The summed E-state index contributed by atoms with van der Waals surface area (Å²) in [6, 6.07) is 8.24. The molecule has 1 unspecified atom stereocenters. The molecule has 2 aromatic rings. The van der Waals surface area contributed by atoms with Gasteiger partial charge in [-0.2, -0.15) is 0 Å². The maximum atomic E-state index is 5.86. The van der Waals surface area contributed by atoms with Crippen LogP contribution in [0.4, 0.5) is 0 Å². The molecule has 1 aromatic heterocycles. The van der Waals surface area contributed by atoms with Gasteiger partial charge in [0.2, 0.25) is 0 Å². The van der Waals surface area contributed by atoms with Crippen molar-refractivity contribution in [2.45, 2.75) is 19.9 Å². The summed E-state index contributed by atoms with van der Waals surface area (Å²) in [6.45, 7) is 6.04. The molecule has 0 radical (unpaired) electrons. The minimum absolute atomic E-state index is 0.264. The molecule has 1 aliphatic heterocycles. The lowest BCUT2D eigenvalue weighted by molar-refractivity contribution is 0.270. The van der Waals surface area contributed by atoms with Crippen LogP contribution in [-0.2, 0) is 6.54 Å². The number of H-pyrrole nitrogens is 1. The first kappa shape index (κ1) is 14.8. The third-order valence-electron chi connectivity index (χ3n) is 4.27. The smallest absolute Gasteiger partial charge is 0.120 e. The minimum Gasteiger partial charge on any atom is -0.341 e. The minimum atomic E-state index is 0.264. The van der Waals surface area contributed by atoms with E-state index in [0.717, 1.165) is 47.7 Å². The van der Waals surface area contributed by atoms with Crippen LogP contribution in [0.3, 0.4) is 0 Å². The van der Waals surface area contributed by atoms with Gasteiger partial charge >= 0.3 is 0 Å². The van der Waals surface area contributed by atoms with Crippen molar-refractivity contribution in [1.82, 2.24) is 14.9 Å². The van der Waals surface area contributed by atoms with Crippen LogP contribution in [0.25, 0.3) is 11.3 Å². The predicted octanol–water partition coefficient (Wildman–Crippen LogP) is 3.01. The molecule has 1 aliphatic rings. The number of benzene rings is 1. The zero-order chi connectivity index (χ0) is 14.9. The Morgan fingerprint density at radius 3 is 3.05 bits per heavy atom. The van der Waals surface area contributed by atoms with Gasteiger partial charge in [-0.25, -0.2) is 4.98 Å². The van der Waals surface area contributed by atoms with E-state index < -0.39 is 0 Å². The van der Waals surface area contributed by atoms with Gasteiger partial charge < -0.3 is 10.7 Å². The second-order valence-corrected chi connectivity index (χ2v) is 7.15. The summed E-state index contributed by atoms with van der Waals surface area (Å²) in [4.78, 5) is 10.4. The topological polar surface area (TPSA) is 57.9 Å². The van der Waals surface area contributed by atoms with E-state index in [1.807, 2.05) is 18.3 Å². The van der Waals surface area contributed by atoms with Crippen LogP contribution in [-0.4, -0.2) is 34.5 Å². The number of halogens is 1. The van der Waals surface area contributed by atoms with Crippen molar-refractivity contribution in [3.8, 4) is 11.3 Å². The Labute approximate surface area is 133 Å².